The third-order valence-electron chi connectivity index (χ3n) is 4.03. The van der Waals surface area contributed by atoms with Gasteiger partial charge in [0.1, 0.15) is 22.2 Å². The molecule has 1 heterocycles. The Morgan fingerprint density at radius 3 is 2.75 bits per heavy atom. The average Bonchev–Trinajstić information content (AvgIpc) is 3.07. The lowest BCUT2D eigenvalue weighted by Crippen LogP contribution is -2.26. The zero-order valence-corrected chi connectivity index (χ0v) is 17.0. The first-order valence-electron chi connectivity index (χ1n) is 8.55. The lowest BCUT2D eigenvalue weighted by Gasteiger charge is -2.16. The van der Waals surface area contributed by atoms with Crippen molar-refractivity contribution < 1.29 is 9.53 Å². The molecule has 28 heavy (non-hydrogen) atoms. The van der Waals surface area contributed by atoms with Crippen molar-refractivity contribution in [1.82, 2.24) is 9.88 Å². The largest absolute Gasteiger partial charge is 0.486 e. The molecule has 0 fully saturated rings. The van der Waals surface area contributed by atoms with Crippen LogP contribution in [-0.2, 0) is 13.2 Å². The van der Waals surface area contributed by atoms with E-state index in [1.165, 1.54) is 11.3 Å². The SMILES string of the molecule is Cc1nc(COc2ccc(Cl)cc2)sc1C(=O)N(C)Cc1cccc(C#N)c1. The molecule has 0 bridgehead atoms. The van der Waals surface area contributed by atoms with Crippen LogP contribution in [0.3, 0.4) is 0 Å². The summed E-state index contributed by atoms with van der Waals surface area (Å²) in [6.45, 7) is 2.52. The highest BCUT2D eigenvalue weighted by Crippen LogP contribution is 2.23. The molecule has 7 heteroatoms. The number of amides is 1. The smallest absolute Gasteiger partial charge is 0.265 e. The molecule has 3 aromatic rings. The van der Waals surface area contributed by atoms with Gasteiger partial charge in [-0.15, -0.1) is 11.3 Å². The summed E-state index contributed by atoms with van der Waals surface area (Å²) in [5.74, 6) is 0.592. The van der Waals surface area contributed by atoms with Crippen molar-refractivity contribution >= 4 is 28.8 Å². The van der Waals surface area contributed by atoms with Gasteiger partial charge in [0.2, 0.25) is 0 Å². The summed E-state index contributed by atoms with van der Waals surface area (Å²) >= 11 is 7.20. The molecule has 0 spiro atoms. The van der Waals surface area contributed by atoms with Crippen LogP contribution >= 0.6 is 22.9 Å². The van der Waals surface area contributed by atoms with Crippen molar-refractivity contribution in [2.45, 2.75) is 20.1 Å². The lowest BCUT2D eigenvalue weighted by atomic mass is 10.1. The van der Waals surface area contributed by atoms with E-state index in [4.69, 9.17) is 21.6 Å². The van der Waals surface area contributed by atoms with Crippen LogP contribution in [0.2, 0.25) is 5.02 Å². The minimum atomic E-state index is -0.102. The van der Waals surface area contributed by atoms with E-state index in [1.807, 2.05) is 19.1 Å². The van der Waals surface area contributed by atoms with E-state index >= 15 is 0 Å². The number of hydrogen-bond acceptors (Lipinski definition) is 5. The van der Waals surface area contributed by atoms with Gasteiger partial charge in [-0.1, -0.05) is 23.7 Å². The Kier molecular flexibility index (Phi) is 6.30. The molecule has 0 radical (unpaired) electrons. The first-order valence-corrected chi connectivity index (χ1v) is 9.75. The predicted molar refractivity (Wildman–Crippen MR) is 110 cm³/mol. The maximum Gasteiger partial charge on any atom is 0.265 e. The maximum absolute atomic E-state index is 12.8. The summed E-state index contributed by atoms with van der Waals surface area (Å²) in [6, 6.07) is 16.5. The number of halogens is 1. The number of thiazole rings is 1. The second kappa shape index (κ2) is 8.87. The number of nitrogens with zero attached hydrogens (tertiary/aromatic N) is 3. The molecule has 0 aliphatic heterocycles. The molecule has 0 unspecified atom stereocenters. The molecule has 3 rings (SSSR count). The van der Waals surface area contributed by atoms with Crippen LogP contribution in [0.1, 0.15) is 31.5 Å². The fourth-order valence-electron chi connectivity index (χ4n) is 2.65. The minimum Gasteiger partial charge on any atom is -0.486 e. The number of aryl methyl sites for hydroxylation is 1. The van der Waals surface area contributed by atoms with Gasteiger partial charge in [0.25, 0.3) is 5.91 Å². The predicted octanol–water partition coefficient (Wildman–Crippen LogP) is 4.83. The highest BCUT2D eigenvalue weighted by atomic mass is 35.5. The molecule has 0 saturated heterocycles. The molecule has 5 nitrogen and oxygen atoms in total. The van der Waals surface area contributed by atoms with Gasteiger partial charge in [-0.25, -0.2) is 4.98 Å². The zero-order chi connectivity index (χ0) is 20.1. The Morgan fingerprint density at radius 2 is 2.04 bits per heavy atom. The minimum absolute atomic E-state index is 0.102. The van der Waals surface area contributed by atoms with Gasteiger partial charge in [0.05, 0.1) is 17.3 Å². The summed E-state index contributed by atoms with van der Waals surface area (Å²) in [6.07, 6.45) is 0. The number of rotatable bonds is 6. The fraction of sp³-hybridized carbons (Fsp3) is 0.190. The molecule has 2 aromatic carbocycles. The topological polar surface area (TPSA) is 66.2 Å². The van der Waals surface area contributed by atoms with E-state index in [1.54, 1.807) is 48.3 Å². The van der Waals surface area contributed by atoms with Crippen LogP contribution in [0.15, 0.2) is 48.5 Å². The van der Waals surface area contributed by atoms with E-state index in [0.717, 1.165) is 10.6 Å². The van der Waals surface area contributed by atoms with Crippen molar-refractivity contribution in [3.05, 3.63) is 80.3 Å². The standard InChI is InChI=1S/C21H18ClN3O2S/c1-14-20(21(26)25(2)12-16-5-3-4-15(10-16)11-23)28-19(24-14)13-27-18-8-6-17(22)7-9-18/h3-10H,12-13H2,1-2H3. The molecule has 1 aromatic heterocycles. The summed E-state index contributed by atoms with van der Waals surface area (Å²) in [5, 5.41) is 10.4. The van der Waals surface area contributed by atoms with Crippen LogP contribution in [-0.4, -0.2) is 22.8 Å². The first kappa shape index (κ1) is 19.9. The normalized spacial score (nSPS) is 10.4. The Bertz CT molecular complexity index is 1020. The number of carbonyl (C=O) groups excluding carboxylic acids is 1. The van der Waals surface area contributed by atoms with Crippen LogP contribution in [0, 0.1) is 18.3 Å². The van der Waals surface area contributed by atoms with Gasteiger partial charge in [0, 0.05) is 18.6 Å². The second-order valence-corrected chi connectivity index (χ2v) is 7.76. The number of benzene rings is 2. The number of nitriles is 1. The quantitative estimate of drug-likeness (QED) is 0.582. The maximum atomic E-state index is 12.8. The molecule has 0 N–H and O–H groups in total. The summed E-state index contributed by atoms with van der Waals surface area (Å²) in [7, 11) is 1.74. The molecular weight excluding hydrogens is 394 g/mol. The molecule has 0 atom stereocenters. The molecule has 0 saturated carbocycles. The third kappa shape index (κ3) is 4.89. The summed E-state index contributed by atoms with van der Waals surface area (Å²) in [4.78, 5) is 19.5. The summed E-state index contributed by atoms with van der Waals surface area (Å²) in [5.41, 5.74) is 2.17. The lowest BCUT2D eigenvalue weighted by molar-refractivity contribution is 0.0789. The van der Waals surface area contributed by atoms with Crippen molar-refractivity contribution in [3.63, 3.8) is 0 Å². The fourth-order valence-corrected chi connectivity index (χ4v) is 3.75. The average molecular weight is 412 g/mol. The third-order valence-corrected chi connectivity index (χ3v) is 5.40. The van der Waals surface area contributed by atoms with Gasteiger partial charge in [-0.2, -0.15) is 5.26 Å². The molecule has 1 amide bonds. The van der Waals surface area contributed by atoms with Gasteiger partial charge in [-0.3, -0.25) is 4.79 Å². The van der Waals surface area contributed by atoms with Gasteiger partial charge in [-0.05, 0) is 48.9 Å². The van der Waals surface area contributed by atoms with Gasteiger partial charge < -0.3 is 9.64 Å². The van der Waals surface area contributed by atoms with E-state index in [9.17, 15) is 4.79 Å². The van der Waals surface area contributed by atoms with Crippen LogP contribution in [0.25, 0.3) is 0 Å². The number of ether oxygens (including phenoxy) is 1. The number of carbonyl (C=O) groups is 1. The Labute approximate surface area is 172 Å². The van der Waals surface area contributed by atoms with E-state index in [0.29, 0.717) is 33.5 Å². The Morgan fingerprint density at radius 1 is 1.29 bits per heavy atom. The molecule has 142 valence electrons. The highest BCUT2D eigenvalue weighted by Gasteiger charge is 2.19. The van der Waals surface area contributed by atoms with Crippen molar-refractivity contribution in [3.8, 4) is 11.8 Å². The number of hydrogen-bond donors (Lipinski definition) is 0. The van der Waals surface area contributed by atoms with Crippen LogP contribution < -0.4 is 4.74 Å². The van der Waals surface area contributed by atoms with Crippen LogP contribution in [0.4, 0.5) is 0 Å². The van der Waals surface area contributed by atoms with Crippen molar-refractivity contribution in [2.75, 3.05) is 7.05 Å². The van der Waals surface area contributed by atoms with Crippen molar-refractivity contribution in [1.29, 1.82) is 5.26 Å². The zero-order valence-electron chi connectivity index (χ0n) is 15.5. The molecule has 0 aliphatic rings. The second-order valence-electron chi connectivity index (χ2n) is 6.24. The number of aromatic nitrogens is 1. The van der Waals surface area contributed by atoms with Gasteiger partial charge >= 0.3 is 0 Å². The van der Waals surface area contributed by atoms with E-state index in [2.05, 4.69) is 11.1 Å². The van der Waals surface area contributed by atoms with Crippen LogP contribution in [0.5, 0.6) is 5.75 Å². The monoisotopic (exact) mass is 411 g/mol. The first-order chi connectivity index (χ1) is 13.5. The van der Waals surface area contributed by atoms with E-state index in [-0.39, 0.29) is 12.5 Å². The summed E-state index contributed by atoms with van der Waals surface area (Å²) < 4.78 is 5.71. The van der Waals surface area contributed by atoms with E-state index < -0.39 is 0 Å². The van der Waals surface area contributed by atoms with Gasteiger partial charge in [0.15, 0.2) is 0 Å². The Hall–Kier alpha value is -2.88. The highest BCUT2D eigenvalue weighted by molar-refractivity contribution is 7.13. The molecular formula is C21H18ClN3O2S. The van der Waals surface area contributed by atoms with Crippen molar-refractivity contribution in [2.24, 2.45) is 0 Å². The molecule has 0 aliphatic carbocycles. The Balaban J connectivity index is 1.66.